The van der Waals surface area contributed by atoms with Gasteiger partial charge in [0.1, 0.15) is 6.61 Å². The molecule has 0 aliphatic rings. The second-order valence-corrected chi connectivity index (χ2v) is 13.0. The molecule has 0 spiro atoms. The zero-order valence-electron chi connectivity index (χ0n) is 33.0. The Hall–Kier alpha value is -3.44. The average molecular weight is 719 g/mol. The lowest BCUT2D eigenvalue weighted by Crippen LogP contribution is -2.28. The van der Waals surface area contributed by atoms with E-state index < -0.39 is 6.10 Å². The number of ether oxygens (including phenoxy) is 2. The first kappa shape index (κ1) is 48.6. The van der Waals surface area contributed by atoms with E-state index in [9.17, 15) is 14.7 Å². The van der Waals surface area contributed by atoms with Crippen LogP contribution in [-0.2, 0) is 19.1 Å². The fraction of sp³-hybridized carbons (Fsp3) is 0.574. The first-order valence-electron chi connectivity index (χ1n) is 20.4. The van der Waals surface area contributed by atoms with Gasteiger partial charge in [0.15, 0.2) is 6.10 Å². The first-order valence-corrected chi connectivity index (χ1v) is 20.4. The van der Waals surface area contributed by atoms with E-state index in [1.807, 2.05) is 0 Å². The Morgan fingerprint density at radius 3 is 1.27 bits per heavy atom. The standard InChI is InChI=1S/C47H74O5/c1-3-5-7-9-11-13-15-17-18-19-20-21-22-23-24-25-26-27-28-30-32-34-36-38-40-42-47(50)52-45(43-48)44-51-46(49)41-39-37-35-33-31-29-16-14-12-10-8-6-4-2/h5,7-8,10-11,13-14,16-18,20-21,23-24,26-27,30,32,45,48H,3-4,6,9,12,15,19,22,25,28-29,31,33-44H2,1-2H3/b7-5-,10-8-,13-11-,16-14-,18-17-,21-20-,24-23-,27-26-,32-30-. The van der Waals surface area contributed by atoms with Crippen molar-refractivity contribution in [3.05, 3.63) is 109 Å². The number of carbonyl (C=O) groups is 2. The van der Waals surface area contributed by atoms with Crippen molar-refractivity contribution in [3.8, 4) is 0 Å². The van der Waals surface area contributed by atoms with Crippen LogP contribution in [0.2, 0.25) is 0 Å². The second kappa shape index (κ2) is 42.0. The zero-order valence-corrected chi connectivity index (χ0v) is 33.0. The van der Waals surface area contributed by atoms with Crippen LogP contribution in [0.25, 0.3) is 0 Å². The van der Waals surface area contributed by atoms with Gasteiger partial charge in [-0.2, -0.15) is 0 Å². The van der Waals surface area contributed by atoms with Crippen molar-refractivity contribution < 1.29 is 24.2 Å². The molecule has 52 heavy (non-hydrogen) atoms. The lowest BCUT2D eigenvalue weighted by molar-refractivity contribution is -0.161. The molecule has 0 aromatic rings. The van der Waals surface area contributed by atoms with Crippen LogP contribution >= 0.6 is 0 Å². The van der Waals surface area contributed by atoms with Crippen molar-refractivity contribution in [2.45, 2.75) is 161 Å². The molecular formula is C47H74O5. The Balaban J connectivity index is 3.71. The third-order valence-corrected chi connectivity index (χ3v) is 8.03. The molecule has 5 nitrogen and oxygen atoms in total. The summed E-state index contributed by atoms with van der Waals surface area (Å²) in [6.45, 7) is 3.89. The summed E-state index contributed by atoms with van der Waals surface area (Å²) in [4.78, 5) is 24.2. The smallest absolute Gasteiger partial charge is 0.306 e. The third-order valence-electron chi connectivity index (χ3n) is 8.03. The molecule has 0 aromatic heterocycles. The van der Waals surface area contributed by atoms with Gasteiger partial charge in [0.2, 0.25) is 0 Å². The van der Waals surface area contributed by atoms with Crippen molar-refractivity contribution in [1.82, 2.24) is 0 Å². The molecule has 1 atom stereocenters. The van der Waals surface area contributed by atoms with Crippen LogP contribution in [0.4, 0.5) is 0 Å². The van der Waals surface area contributed by atoms with Gasteiger partial charge < -0.3 is 14.6 Å². The largest absolute Gasteiger partial charge is 0.462 e. The van der Waals surface area contributed by atoms with Gasteiger partial charge in [-0.25, -0.2) is 0 Å². The molecule has 0 heterocycles. The fourth-order valence-electron chi connectivity index (χ4n) is 4.98. The third kappa shape index (κ3) is 39.3. The van der Waals surface area contributed by atoms with Gasteiger partial charge >= 0.3 is 11.9 Å². The molecule has 0 aliphatic heterocycles. The fourth-order valence-corrected chi connectivity index (χ4v) is 4.98. The summed E-state index contributed by atoms with van der Waals surface area (Å²) < 4.78 is 10.6. The number of hydrogen-bond donors (Lipinski definition) is 1. The SMILES string of the molecule is CC/C=C\C/C=C\C/C=C\C/C=C\C/C=C\C/C=C\C/C=C\CCCCCC(=O)OC(CO)COC(=O)CCCCCCC/C=C\C/C=C\CCC. The number of aliphatic hydroxyl groups is 1. The van der Waals surface area contributed by atoms with Crippen LogP contribution in [0.15, 0.2) is 109 Å². The van der Waals surface area contributed by atoms with Crippen molar-refractivity contribution in [3.63, 3.8) is 0 Å². The lowest BCUT2D eigenvalue weighted by atomic mass is 10.1. The molecule has 5 heteroatoms. The zero-order chi connectivity index (χ0) is 37.8. The molecule has 1 N–H and O–H groups in total. The van der Waals surface area contributed by atoms with Crippen molar-refractivity contribution >= 4 is 11.9 Å². The molecule has 0 fully saturated rings. The van der Waals surface area contributed by atoms with Crippen molar-refractivity contribution in [2.24, 2.45) is 0 Å². The normalized spacial score (nSPS) is 13.4. The van der Waals surface area contributed by atoms with Gasteiger partial charge in [-0.1, -0.05) is 155 Å². The maximum atomic E-state index is 12.2. The minimum absolute atomic E-state index is 0.0946. The van der Waals surface area contributed by atoms with Crippen LogP contribution in [0.1, 0.15) is 155 Å². The highest BCUT2D eigenvalue weighted by Crippen LogP contribution is 2.10. The minimum atomic E-state index is -0.802. The van der Waals surface area contributed by atoms with E-state index in [2.05, 4.69) is 123 Å². The maximum Gasteiger partial charge on any atom is 0.306 e. The second-order valence-electron chi connectivity index (χ2n) is 13.0. The van der Waals surface area contributed by atoms with E-state index in [0.717, 1.165) is 116 Å². The molecule has 0 amide bonds. The molecule has 0 saturated heterocycles. The monoisotopic (exact) mass is 719 g/mol. The summed E-state index contributed by atoms with van der Waals surface area (Å²) in [5, 5.41) is 9.55. The van der Waals surface area contributed by atoms with E-state index in [0.29, 0.717) is 12.8 Å². The van der Waals surface area contributed by atoms with E-state index in [4.69, 9.17) is 9.47 Å². The van der Waals surface area contributed by atoms with Gasteiger partial charge in [0.05, 0.1) is 6.61 Å². The maximum absolute atomic E-state index is 12.2. The number of aliphatic hydroxyl groups excluding tert-OH is 1. The summed E-state index contributed by atoms with van der Waals surface area (Å²) in [5.41, 5.74) is 0. The molecule has 292 valence electrons. The Kier molecular flexibility index (Phi) is 39.2. The Morgan fingerprint density at radius 1 is 0.462 bits per heavy atom. The van der Waals surface area contributed by atoms with Crippen molar-refractivity contribution in [1.29, 1.82) is 0 Å². The molecular weight excluding hydrogens is 645 g/mol. The number of unbranched alkanes of at least 4 members (excludes halogenated alkanes) is 9. The summed E-state index contributed by atoms with van der Waals surface area (Å²) in [6, 6.07) is 0. The molecule has 0 aliphatic carbocycles. The van der Waals surface area contributed by atoms with Crippen LogP contribution in [-0.4, -0.2) is 36.4 Å². The number of rotatable bonds is 35. The predicted octanol–water partition coefficient (Wildman–Crippen LogP) is 13.1. The van der Waals surface area contributed by atoms with Crippen LogP contribution in [0, 0.1) is 0 Å². The van der Waals surface area contributed by atoms with Gasteiger partial charge in [-0.3, -0.25) is 9.59 Å². The highest BCUT2D eigenvalue weighted by atomic mass is 16.6. The van der Waals surface area contributed by atoms with E-state index in [1.165, 1.54) is 12.8 Å². The summed E-state index contributed by atoms with van der Waals surface area (Å²) in [7, 11) is 0. The van der Waals surface area contributed by atoms with Crippen LogP contribution in [0.3, 0.4) is 0 Å². The first-order chi connectivity index (χ1) is 25.6. The van der Waals surface area contributed by atoms with E-state index in [1.54, 1.807) is 0 Å². The van der Waals surface area contributed by atoms with Gasteiger partial charge in [-0.15, -0.1) is 0 Å². The topological polar surface area (TPSA) is 72.8 Å². The van der Waals surface area contributed by atoms with Crippen LogP contribution < -0.4 is 0 Å². The predicted molar refractivity (Wildman–Crippen MR) is 223 cm³/mol. The quantitative estimate of drug-likeness (QED) is 0.0401. The number of esters is 2. The van der Waals surface area contributed by atoms with Gasteiger partial charge in [0, 0.05) is 12.8 Å². The Bertz CT molecular complexity index is 1090. The Labute approximate surface area is 319 Å². The average Bonchev–Trinajstić information content (AvgIpc) is 3.15. The molecule has 1 unspecified atom stereocenters. The lowest BCUT2D eigenvalue weighted by Gasteiger charge is -2.15. The van der Waals surface area contributed by atoms with E-state index in [-0.39, 0.29) is 25.2 Å². The molecule has 0 radical (unpaired) electrons. The van der Waals surface area contributed by atoms with E-state index >= 15 is 0 Å². The summed E-state index contributed by atoms with van der Waals surface area (Å²) in [6.07, 6.45) is 60.1. The molecule has 0 rings (SSSR count). The highest BCUT2D eigenvalue weighted by Gasteiger charge is 2.16. The highest BCUT2D eigenvalue weighted by molar-refractivity contribution is 5.70. The van der Waals surface area contributed by atoms with Gasteiger partial charge in [0.25, 0.3) is 0 Å². The molecule has 0 bridgehead atoms. The minimum Gasteiger partial charge on any atom is -0.462 e. The number of carbonyl (C=O) groups excluding carboxylic acids is 2. The Morgan fingerprint density at radius 2 is 0.827 bits per heavy atom. The van der Waals surface area contributed by atoms with Crippen molar-refractivity contribution in [2.75, 3.05) is 13.2 Å². The molecule has 0 aromatic carbocycles. The van der Waals surface area contributed by atoms with Gasteiger partial charge in [-0.05, 0) is 96.3 Å². The van der Waals surface area contributed by atoms with Crippen LogP contribution in [0.5, 0.6) is 0 Å². The summed E-state index contributed by atoms with van der Waals surface area (Å²) in [5.74, 6) is -0.659. The molecule has 0 saturated carbocycles. The summed E-state index contributed by atoms with van der Waals surface area (Å²) >= 11 is 0. The number of allylic oxidation sites excluding steroid dienone is 18. The number of hydrogen-bond acceptors (Lipinski definition) is 5.